The molecule has 1 aliphatic rings. The maximum atomic E-state index is 3.54. The second kappa shape index (κ2) is 4.14. The van der Waals surface area contributed by atoms with Gasteiger partial charge in [0.1, 0.15) is 0 Å². The third kappa shape index (κ3) is 2.85. The molecule has 1 aromatic rings. The normalized spacial score (nSPS) is 15.9. The van der Waals surface area contributed by atoms with Crippen LogP contribution in [-0.4, -0.2) is 12.6 Å². The summed E-state index contributed by atoms with van der Waals surface area (Å²) in [7, 11) is 0. The Hall–Kier alpha value is -0.820. The van der Waals surface area contributed by atoms with Gasteiger partial charge < -0.3 is 5.32 Å². The van der Waals surface area contributed by atoms with Crippen LogP contribution in [0.5, 0.6) is 0 Å². The van der Waals surface area contributed by atoms with Crippen LogP contribution in [0.1, 0.15) is 29.5 Å². The summed E-state index contributed by atoms with van der Waals surface area (Å²) in [6.45, 7) is 5.48. The molecule has 0 atom stereocenters. The lowest BCUT2D eigenvalue weighted by molar-refractivity contribution is 0.682. The number of rotatable bonds is 4. The SMILES string of the molecule is Cc1cc(C)cc(CCNC2CC2)c1. The quantitative estimate of drug-likeness (QED) is 0.767. The minimum atomic E-state index is 0.834. The Labute approximate surface area is 86.5 Å². The fourth-order valence-corrected chi connectivity index (χ4v) is 1.92. The summed E-state index contributed by atoms with van der Waals surface area (Å²) in [5.74, 6) is 0. The summed E-state index contributed by atoms with van der Waals surface area (Å²) >= 11 is 0. The third-order valence-electron chi connectivity index (χ3n) is 2.71. The molecule has 0 bridgehead atoms. The molecule has 76 valence electrons. The van der Waals surface area contributed by atoms with Crippen molar-refractivity contribution in [1.29, 1.82) is 0 Å². The predicted molar refractivity (Wildman–Crippen MR) is 60.6 cm³/mol. The van der Waals surface area contributed by atoms with Gasteiger partial charge in [0.2, 0.25) is 0 Å². The molecule has 1 N–H and O–H groups in total. The number of nitrogens with one attached hydrogen (secondary N) is 1. The van der Waals surface area contributed by atoms with E-state index in [0.29, 0.717) is 0 Å². The standard InChI is InChI=1S/C13H19N/c1-10-7-11(2)9-12(8-10)5-6-14-13-3-4-13/h7-9,13-14H,3-6H2,1-2H3. The van der Waals surface area contributed by atoms with Crippen LogP contribution in [0.15, 0.2) is 18.2 Å². The highest BCUT2D eigenvalue weighted by molar-refractivity contribution is 5.28. The van der Waals surface area contributed by atoms with Crippen molar-refractivity contribution < 1.29 is 0 Å². The Morgan fingerprint density at radius 1 is 1.14 bits per heavy atom. The van der Waals surface area contributed by atoms with Gasteiger partial charge in [-0.2, -0.15) is 0 Å². The van der Waals surface area contributed by atoms with E-state index in [1.54, 1.807) is 0 Å². The van der Waals surface area contributed by atoms with E-state index in [0.717, 1.165) is 12.6 Å². The van der Waals surface area contributed by atoms with Crippen molar-refractivity contribution in [3.05, 3.63) is 34.9 Å². The molecule has 1 nitrogen and oxygen atoms in total. The fraction of sp³-hybridized carbons (Fsp3) is 0.538. The van der Waals surface area contributed by atoms with Crippen molar-refractivity contribution >= 4 is 0 Å². The van der Waals surface area contributed by atoms with Crippen LogP contribution >= 0.6 is 0 Å². The van der Waals surface area contributed by atoms with E-state index in [1.807, 2.05) is 0 Å². The van der Waals surface area contributed by atoms with Crippen molar-refractivity contribution in [3.8, 4) is 0 Å². The molecule has 1 saturated carbocycles. The van der Waals surface area contributed by atoms with E-state index in [4.69, 9.17) is 0 Å². The Balaban J connectivity index is 1.87. The molecule has 1 fully saturated rings. The number of hydrogen-bond acceptors (Lipinski definition) is 1. The Morgan fingerprint density at radius 3 is 2.36 bits per heavy atom. The first-order valence-electron chi connectivity index (χ1n) is 5.54. The van der Waals surface area contributed by atoms with Crippen molar-refractivity contribution in [2.24, 2.45) is 0 Å². The van der Waals surface area contributed by atoms with E-state index >= 15 is 0 Å². The molecule has 0 amide bonds. The Morgan fingerprint density at radius 2 is 1.79 bits per heavy atom. The molecule has 1 aromatic carbocycles. The monoisotopic (exact) mass is 189 g/mol. The number of hydrogen-bond donors (Lipinski definition) is 1. The molecule has 0 spiro atoms. The Bertz CT molecular complexity index is 293. The van der Waals surface area contributed by atoms with E-state index < -0.39 is 0 Å². The van der Waals surface area contributed by atoms with Gasteiger partial charge in [-0.15, -0.1) is 0 Å². The van der Waals surface area contributed by atoms with Crippen LogP contribution in [0.2, 0.25) is 0 Å². The largest absolute Gasteiger partial charge is 0.314 e. The molecule has 0 aliphatic heterocycles. The molecule has 1 aliphatic carbocycles. The third-order valence-corrected chi connectivity index (χ3v) is 2.71. The van der Waals surface area contributed by atoms with Gasteiger partial charge in [0, 0.05) is 6.04 Å². The average Bonchev–Trinajstić information content (AvgIpc) is 2.86. The lowest BCUT2D eigenvalue weighted by Gasteiger charge is -2.05. The van der Waals surface area contributed by atoms with Crippen molar-refractivity contribution in [3.63, 3.8) is 0 Å². The molecule has 2 rings (SSSR count). The van der Waals surface area contributed by atoms with E-state index in [1.165, 1.54) is 36.0 Å². The summed E-state index contributed by atoms with van der Waals surface area (Å²) in [5, 5.41) is 3.54. The topological polar surface area (TPSA) is 12.0 Å². The molecule has 0 aromatic heterocycles. The summed E-state index contributed by atoms with van der Waals surface area (Å²) in [4.78, 5) is 0. The minimum absolute atomic E-state index is 0.834. The highest BCUT2D eigenvalue weighted by Crippen LogP contribution is 2.18. The lowest BCUT2D eigenvalue weighted by atomic mass is 10.1. The van der Waals surface area contributed by atoms with Crippen LogP contribution in [-0.2, 0) is 6.42 Å². The zero-order valence-corrected chi connectivity index (χ0v) is 9.14. The van der Waals surface area contributed by atoms with Crippen LogP contribution in [0, 0.1) is 13.8 Å². The van der Waals surface area contributed by atoms with Crippen LogP contribution < -0.4 is 5.32 Å². The van der Waals surface area contributed by atoms with E-state index in [-0.39, 0.29) is 0 Å². The molecule has 0 saturated heterocycles. The zero-order chi connectivity index (χ0) is 9.97. The average molecular weight is 189 g/mol. The highest BCUT2D eigenvalue weighted by atomic mass is 14.9. The predicted octanol–water partition coefficient (Wildman–Crippen LogP) is 2.60. The van der Waals surface area contributed by atoms with Gasteiger partial charge in [-0.3, -0.25) is 0 Å². The second-order valence-corrected chi connectivity index (χ2v) is 4.47. The minimum Gasteiger partial charge on any atom is -0.314 e. The maximum Gasteiger partial charge on any atom is 0.00683 e. The number of aryl methyl sites for hydroxylation is 2. The van der Waals surface area contributed by atoms with Gasteiger partial charge in [0.25, 0.3) is 0 Å². The van der Waals surface area contributed by atoms with Gasteiger partial charge in [0.05, 0.1) is 0 Å². The molecule has 0 unspecified atom stereocenters. The second-order valence-electron chi connectivity index (χ2n) is 4.47. The smallest absolute Gasteiger partial charge is 0.00683 e. The van der Waals surface area contributed by atoms with Gasteiger partial charge in [-0.25, -0.2) is 0 Å². The molecule has 14 heavy (non-hydrogen) atoms. The molecular formula is C13H19N. The summed E-state index contributed by atoms with van der Waals surface area (Å²) < 4.78 is 0. The summed E-state index contributed by atoms with van der Waals surface area (Å²) in [6.07, 6.45) is 3.93. The van der Waals surface area contributed by atoms with Crippen LogP contribution in [0.4, 0.5) is 0 Å². The maximum absolute atomic E-state index is 3.54. The molecular weight excluding hydrogens is 170 g/mol. The highest BCUT2D eigenvalue weighted by Gasteiger charge is 2.19. The van der Waals surface area contributed by atoms with E-state index in [2.05, 4.69) is 37.4 Å². The Kier molecular flexibility index (Phi) is 2.87. The molecule has 1 heteroatoms. The van der Waals surface area contributed by atoms with Crippen LogP contribution in [0.3, 0.4) is 0 Å². The van der Waals surface area contributed by atoms with Crippen molar-refractivity contribution in [2.75, 3.05) is 6.54 Å². The van der Waals surface area contributed by atoms with Gasteiger partial charge in [-0.05, 0) is 45.2 Å². The first kappa shape index (κ1) is 9.72. The summed E-state index contributed by atoms with van der Waals surface area (Å²) in [6, 6.07) is 7.65. The number of benzene rings is 1. The van der Waals surface area contributed by atoms with Gasteiger partial charge in [0.15, 0.2) is 0 Å². The zero-order valence-electron chi connectivity index (χ0n) is 9.14. The molecule has 0 radical (unpaired) electrons. The van der Waals surface area contributed by atoms with Gasteiger partial charge >= 0.3 is 0 Å². The molecule has 0 heterocycles. The summed E-state index contributed by atoms with van der Waals surface area (Å²) in [5.41, 5.74) is 4.23. The van der Waals surface area contributed by atoms with Crippen molar-refractivity contribution in [2.45, 2.75) is 39.2 Å². The fourth-order valence-electron chi connectivity index (χ4n) is 1.92. The van der Waals surface area contributed by atoms with Crippen LogP contribution in [0.25, 0.3) is 0 Å². The van der Waals surface area contributed by atoms with Crippen molar-refractivity contribution in [1.82, 2.24) is 5.32 Å². The first-order chi connectivity index (χ1) is 6.74. The van der Waals surface area contributed by atoms with E-state index in [9.17, 15) is 0 Å². The van der Waals surface area contributed by atoms with Gasteiger partial charge in [-0.1, -0.05) is 29.3 Å². The first-order valence-corrected chi connectivity index (χ1v) is 5.54. The lowest BCUT2D eigenvalue weighted by Crippen LogP contribution is -2.19.